The summed E-state index contributed by atoms with van der Waals surface area (Å²) in [5.41, 5.74) is 9.32. The summed E-state index contributed by atoms with van der Waals surface area (Å²) in [6.07, 6.45) is 3.68. The SMILES string of the molecule is CC(C)(C)c1cc(Oc2[c-]c3c(cc2)c2cccnc2n2c(-c4ccccc4)c(-c4ccccc4)nc32)[c-]c(-n2c3ccccc3c3cccnc32)c1.[Pt+2]. The number of ether oxygens (including phenoxy) is 1. The van der Waals surface area contributed by atoms with Crippen molar-refractivity contribution < 1.29 is 25.8 Å². The van der Waals surface area contributed by atoms with Gasteiger partial charge in [-0.05, 0) is 35.1 Å². The van der Waals surface area contributed by atoms with Gasteiger partial charge in [-0.3, -0.25) is 4.98 Å². The predicted octanol–water partition coefficient (Wildman–Crippen LogP) is 11.5. The van der Waals surface area contributed by atoms with Gasteiger partial charge in [0.05, 0.1) is 22.6 Å². The minimum absolute atomic E-state index is 0. The molecule has 5 heterocycles. The van der Waals surface area contributed by atoms with Crippen LogP contribution in [-0.4, -0.2) is 23.9 Å². The van der Waals surface area contributed by atoms with Gasteiger partial charge in [0.1, 0.15) is 11.3 Å². The van der Waals surface area contributed by atoms with Crippen molar-refractivity contribution >= 4 is 49.4 Å². The monoisotopic (exact) mass is 878 g/mol. The van der Waals surface area contributed by atoms with Crippen LogP contribution in [0.15, 0.2) is 146 Å². The van der Waals surface area contributed by atoms with E-state index in [1.807, 2.05) is 54.9 Å². The summed E-state index contributed by atoms with van der Waals surface area (Å²) in [6.45, 7) is 6.64. The number of para-hydroxylation sites is 1. The van der Waals surface area contributed by atoms with Crippen LogP contribution in [0.2, 0.25) is 0 Å². The maximum absolute atomic E-state index is 6.75. The second-order valence-electron chi connectivity index (χ2n) is 14.4. The van der Waals surface area contributed by atoms with Gasteiger partial charge in [-0.25, -0.2) is 9.97 Å². The van der Waals surface area contributed by atoms with E-state index in [9.17, 15) is 0 Å². The Kier molecular flexibility index (Phi) is 8.17. The number of aromatic nitrogens is 5. The van der Waals surface area contributed by atoms with Crippen molar-refractivity contribution in [2.45, 2.75) is 26.2 Å². The summed E-state index contributed by atoms with van der Waals surface area (Å²) in [5.74, 6) is 1.17. The van der Waals surface area contributed by atoms with Crippen LogP contribution < -0.4 is 4.74 Å². The molecule has 0 aliphatic rings. The first-order valence-corrected chi connectivity index (χ1v) is 17.8. The maximum atomic E-state index is 6.75. The van der Waals surface area contributed by atoms with Gasteiger partial charge in [-0.15, -0.1) is 35.9 Å². The maximum Gasteiger partial charge on any atom is 2.00 e. The molecule has 10 aromatic rings. The molecule has 10 rings (SSSR count). The van der Waals surface area contributed by atoms with Gasteiger partial charge >= 0.3 is 21.1 Å². The van der Waals surface area contributed by atoms with E-state index in [-0.39, 0.29) is 26.5 Å². The number of rotatable bonds is 5. The number of pyridine rings is 3. The second-order valence-corrected chi connectivity index (χ2v) is 14.4. The fraction of sp³-hybridized carbons (Fsp3) is 0.0851. The van der Waals surface area contributed by atoms with E-state index >= 15 is 0 Å². The third-order valence-corrected chi connectivity index (χ3v) is 9.99. The molecule has 5 aromatic carbocycles. The molecule has 0 saturated heterocycles. The zero-order valence-electron chi connectivity index (χ0n) is 29.8. The van der Waals surface area contributed by atoms with Crippen LogP contribution in [0, 0.1) is 12.1 Å². The fourth-order valence-electron chi connectivity index (χ4n) is 7.47. The molecule has 0 radical (unpaired) electrons. The zero-order valence-corrected chi connectivity index (χ0v) is 32.1. The van der Waals surface area contributed by atoms with Crippen LogP contribution in [0.4, 0.5) is 0 Å². The van der Waals surface area contributed by atoms with Crippen molar-refractivity contribution in [1.29, 1.82) is 0 Å². The van der Waals surface area contributed by atoms with Crippen LogP contribution in [0.5, 0.6) is 11.5 Å². The topological polar surface area (TPSA) is 57.2 Å². The molecule has 7 heteroatoms. The Morgan fingerprint density at radius 1 is 0.574 bits per heavy atom. The molecule has 6 nitrogen and oxygen atoms in total. The van der Waals surface area contributed by atoms with Crippen molar-refractivity contribution in [1.82, 2.24) is 23.9 Å². The standard InChI is InChI=1S/C47H33N5O.Pt/c1-47(2,3)32-26-33(51-41-21-11-10-18-37(41)39-20-13-24-48-44(39)51)28-35(27-32)53-34-22-23-36-38-19-12-25-49-45(38)52-43(31-16-8-5-9-17-31)42(30-14-6-4-7-15-30)50-46(52)40(36)29-34;/h4-27H,1-3H3;/q-2;+2. The molecule has 0 unspecified atom stereocenters. The van der Waals surface area contributed by atoms with Gasteiger partial charge in [-0.1, -0.05) is 128 Å². The average molecular weight is 879 g/mol. The van der Waals surface area contributed by atoms with E-state index in [4.69, 9.17) is 19.7 Å². The van der Waals surface area contributed by atoms with Crippen LogP contribution in [0.1, 0.15) is 26.3 Å². The van der Waals surface area contributed by atoms with Gasteiger partial charge in [0.2, 0.25) is 0 Å². The Labute approximate surface area is 327 Å². The number of nitrogens with zero attached hydrogens (tertiary/aromatic N) is 5. The molecule has 0 bridgehead atoms. The van der Waals surface area contributed by atoms with Crippen LogP contribution in [0.3, 0.4) is 0 Å². The van der Waals surface area contributed by atoms with Gasteiger partial charge < -0.3 is 13.7 Å². The van der Waals surface area contributed by atoms with Crippen molar-refractivity contribution in [3.8, 4) is 39.7 Å². The smallest absolute Gasteiger partial charge is 0.503 e. The van der Waals surface area contributed by atoms with Crippen molar-refractivity contribution in [3.63, 3.8) is 0 Å². The zero-order chi connectivity index (χ0) is 35.7. The first kappa shape index (κ1) is 33.7. The van der Waals surface area contributed by atoms with Crippen molar-refractivity contribution in [2.24, 2.45) is 0 Å². The summed E-state index contributed by atoms with van der Waals surface area (Å²) in [6, 6.07) is 53.0. The number of hydrogen-bond donors (Lipinski definition) is 0. The molecule has 0 aliphatic carbocycles. The Morgan fingerprint density at radius 2 is 1.22 bits per heavy atom. The molecule has 0 aliphatic heterocycles. The van der Waals surface area contributed by atoms with Crippen LogP contribution >= 0.6 is 0 Å². The Morgan fingerprint density at radius 3 is 1.96 bits per heavy atom. The van der Waals surface area contributed by atoms with Crippen molar-refractivity contribution in [3.05, 3.63) is 164 Å². The predicted molar refractivity (Wildman–Crippen MR) is 214 cm³/mol. The first-order chi connectivity index (χ1) is 25.9. The molecule has 0 spiro atoms. The van der Waals surface area contributed by atoms with E-state index in [0.717, 1.165) is 83.2 Å². The van der Waals surface area contributed by atoms with Gasteiger partial charge in [0.15, 0.2) is 0 Å². The third kappa shape index (κ3) is 5.48. The molecular formula is C47H33N5OPt. The first-order valence-electron chi connectivity index (χ1n) is 17.8. The minimum atomic E-state index is -0.156. The molecule has 54 heavy (non-hydrogen) atoms. The van der Waals surface area contributed by atoms with Gasteiger partial charge in [0, 0.05) is 45.8 Å². The molecule has 0 N–H and O–H groups in total. The summed E-state index contributed by atoms with van der Waals surface area (Å²) in [4.78, 5) is 15.1. The number of hydrogen-bond acceptors (Lipinski definition) is 4. The Bertz CT molecular complexity index is 2960. The van der Waals surface area contributed by atoms with Crippen molar-refractivity contribution in [2.75, 3.05) is 0 Å². The largest absolute Gasteiger partial charge is 2.00 e. The van der Waals surface area contributed by atoms with E-state index in [1.54, 1.807) is 0 Å². The molecule has 0 saturated carbocycles. The van der Waals surface area contributed by atoms with Crippen LogP contribution in [0.25, 0.3) is 77.6 Å². The van der Waals surface area contributed by atoms with Crippen LogP contribution in [-0.2, 0) is 26.5 Å². The van der Waals surface area contributed by atoms with Gasteiger partial charge in [0.25, 0.3) is 0 Å². The van der Waals surface area contributed by atoms with Gasteiger partial charge in [-0.2, -0.15) is 0 Å². The van der Waals surface area contributed by atoms with E-state index in [1.165, 1.54) is 0 Å². The fourth-order valence-corrected chi connectivity index (χ4v) is 7.47. The summed E-state index contributed by atoms with van der Waals surface area (Å²) >= 11 is 0. The number of benzene rings is 5. The normalized spacial score (nSPS) is 11.8. The van der Waals surface area contributed by atoms with E-state index in [0.29, 0.717) is 11.5 Å². The third-order valence-electron chi connectivity index (χ3n) is 9.99. The molecule has 0 atom stereocenters. The second kappa shape index (κ2) is 13.1. The average Bonchev–Trinajstić information content (AvgIpc) is 3.76. The molecular weight excluding hydrogens is 846 g/mol. The minimum Gasteiger partial charge on any atom is -0.503 e. The summed E-state index contributed by atoms with van der Waals surface area (Å²) in [5, 5.41) is 5.10. The molecule has 0 fully saturated rings. The summed E-state index contributed by atoms with van der Waals surface area (Å²) < 4.78 is 11.1. The number of imidazole rings is 1. The van der Waals surface area contributed by atoms with E-state index < -0.39 is 0 Å². The number of fused-ring (bicyclic) bond motifs is 9. The Balaban J connectivity index is 0.00000384. The molecule has 0 amide bonds. The quantitative estimate of drug-likeness (QED) is 0.128. The molecule has 262 valence electrons. The summed E-state index contributed by atoms with van der Waals surface area (Å²) in [7, 11) is 0. The Hall–Kier alpha value is -6.10. The van der Waals surface area contributed by atoms with E-state index in [2.05, 4.69) is 133 Å². The molecule has 5 aromatic heterocycles.